The van der Waals surface area contributed by atoms with Gasteiger partial charge < -0.3 is 92.6 Å². The molecule has 7 rings (SSSR count). The first-order chi connectivity index (χ1) is 57.2. The number of fused-ring (bicyclic) bond motifs is 2. The number of aliphatic carboxylic acids is 3. The number of carboxylic acids is 3. The van der Waals surface area contributed by atoms with Crippen LogP contribution in [-0.4, -0.2) is 220 Å². The zero-order chi connectivity index (χ0) is 88.9. The molecule has 8 unspecified atom stereocenters. The van der Waals surface area contributed by atoms with E-state index in [1.54, 1.807) is 11.9 Å². The highest BCUT2D eigenvalue weighted by atomic mass is 33.1. The summed E-state index contributed by atoms with van der Waals surface area (Å²) < 4.78 is 53.2. The Morgan fingerprint density at radius 1 is 0.736 bits per heavy atom. The Morgan fingerprint density at radius 2 is 1.42 bits per heavy atom. The van der Waals surface area contributed by atoms with E-state index < -0.39 is 139 Å². The molecule has 17 N–H and O–H groups in total. The van der Waals surface area contributed by atoms with Crippen LogP contribution in [0.5, 0.6) is 0 Å². The van der Waals surface area contributed by atoms with Crippen molar-refractivity contribution in [3.05, 3.63) is 151 Å². The number of benzene rings is 3. The van der Waals surface area contributed by atoms with E-state index in [1.165, 1.54) is 73.7 Å². The Hall–Kier alpha value is -9.75. The van der Waals surface area contributed by atoms with Crippen LogP contribution in [0.3, 0.4) is 0 Å². The number of aromatic nitrogens is 2. The van der Waals surface area contributed by atoms with E-state index in [0.29, 0.717) is 49.3 Å². The van der Waals surface area contributed by atoms with Gasteiger partial charge in [0.15, 0.2) is 0 Å². The number of carbonyl (C=O) groups is 11. The van der Waals surface area contributed by atoms with E-state index in [0.717, 1.165) is 46.9 Å². The third-order valence-electron chi connectivity index (χ3n) is 19.2. The molecule has 1 aliphatic heterocycles. The molecule has 121 heavy (non-hydrogen) atoms. The van der Waals surface area contributed by atoms with E-state index in [-0.39, 0.29) is 117 Å². The minimum Gasteiger partial charge on any atom is -0.481 e. The number of ether oxygens (including phenoxy) is 1. The molecule has 0 radical (unpaired) electrons. The maximum absolute atomic E-state index is 14.5. The van der Waals surface area contributed by atoms with E-state index >= 15 is 0 Å². The number of anilines is 1. The van der Waals surface area contributed by atoms with Crippen molar-refractivity contribution in [2.75, 3.05) is 70.2 Å². The third kappa shape index (κ3) is 31.6. The van der Waals surface area contributed by atoms with Crippen molar-refractivity contribution in [2.24, 2.45) is 10.9 Å². The molecular formula is C77H101N12O27P3S2. The molecule has 1 fully saturated rings. The zero-order valence-corrected chi connectivity index (χ0v) is 71.3. The van der Waals surface area contributed by atoms with Gasteiger partial charge in [0.25, 0.3) is 17.7 Å². The SMILES string of the molecule is CCCc1cc2c(cc1C)C(c1ccccc1C(=O)N(C)CCCC(=O)NCCNC(=O)c1cccc(C(=O)NC(CCCSSCCC(=O)NCC#Cc3cn([C@H]4CC(O)[C@@H](COP(=O)(O)OP(=O)(O)OP(=O)(O)O)O4)c(=O)nc3N)C(=O)NCCCCCC(=O)NC(CC(=O)O)C(=O)NC(CC(=O)O)C(=O)O)c1)C1C=C(C)/C(=N/CC)C=C1C2. The molecule has 0 saturated carbocycles. The fourth-order valence-electron chi connectivity index (χ4n) is 13.4. The van der Waals surface area contributed by atoms with Crippen molar-refractivity contribution in [3.8, 4) is 11.8 Å². The van der Waals surface area contributed by atoms with Gasteiger partial charge in [0.1, 0.15) is 36.3 Å². The number of nitrogens with zero attached hydrogens (tertiary/aromatic N) is 4. The molecule has 44 heteroatoms. The fourth-order valence-corrected chi connectivity index (χ4v) is 18.5. The number of aliphatic hydroxyl groups is 1. The minimum atomic E-state index is -5.84. The summed E-state index contributed by atoms with van der Waals surface area (Å²) in [5, 5.41) is 56.1. The predicted octanol–water partition coefficient (Wildman–Crippen LogP) is 4.63. The van der Waals surface area contributed by atoms with Crippen molar-refractivity contribution in [2.45, 2.75) is 166 Å². The Morgan fingerprint density at radius 3 is 2.12 bits per heavy atom. The molecule has 10 atom stereocenters. The second-order valence-electron chi connectivity index (χ2n) is 28.4. The van der Waals surface area contributed by atoms with Gasteiger partial charge in [0.2, 0.25) is 29.5 Å². The van der Waals surface area contributed by atoms with Gasteiger partial charge in [-0.2, -0.15) is 13.6 Å². The highest BCUT2D eigenvalue weighted by Crippen LogP contribution is 2.66. The van der Waals surface area contributed by atoms with E-state index in [1.807, 2.05) is 36.5 Å². The van der Waals surface area contributed by atoms with Crippen LogP contribution in [-0.2, 0) is 82.8 Å². The van der Waals surface area contributed by atoms with Crippen molar-refractivity contribution < 1.29 is 124 Å². The van der Waals surface area contributed by atoms with Gasteiger partial charge in [-0.25, -0.2) is 23.3 Å². The van der Waals surface area contributed by atoms with Gasteiger partial charge in [0.05, 0.1) is 43.4 Å². The largest absolute Gasteiger partial charge is 0.490 e. The lowest BCUT2D eigenvalue weighted by atomic mass is 9.65. The number of amides is 8. The molecule has 8 amide bonds. The van der Waals surface area contributed by atoms with E-state index in [4.69, 9.17) is 30.4 Å². The average Bonchev–Trinajstić information content (AvgIpc) is 1.29. The summed E-state index contributed by atoms with van der Waals surface area (Å²) in [7, 11) is -12.7. The number of hydrogen-bond donors (Lipinski definition) is 16. The van der Waals surface area contributed by atoms with Gasteiger partial charge in [-0.3, -0.25) is 62.0 Å². The number of hydrogen-bond acceptors (Lipinski definition) is 25. The molecule has 658 valence electrons. The van der Waals surface area contributed by atoms with Gasteiger partial charge in [-0.05, 0) is 129 Å². The number of aliphatic hydroxyl groups excluding tert-OH is 1. The number of aryl methyl sites for hydroxylation is 2. The summed E-state index contributed by atoms with van der Waals surface area (Å²) in [6.07, 6.45) is 3.36. The van der Waals surface area contributed by atoms with Crippen LogP contribution in [0.4, 0.5) is 5.82 Å². The summed E-state index contributed by atoms with van der Waals surface area (Å²) >= 11 is 0. The van der Waals surface area contributed by atoms with E-state index in [2.05, 4.69) is 107 Å². The molecule has 4 aromatic rings. The number of carboxylic acid groups (broad SMARTS) is 3. The summed E-state index contributed by atoms with van der Waals surface area (Å²) in [5.74, 6) is -3.84. The monoisotopic (exact) mass is 1780 g/mol. The zero-order valence-electron chi connectivity index (χ0n) is 67.0. The summed E-state index contributed by atoms with van der Waals surface area (Å²) in [5.41, 5.74) is 14.9. The number of phosphoric acid groups is 3. The standard InChI is InChI=1S/C77H101N12O27P3S2/c1-6-17-47-36-51-38-52-39-58(79-7-2)46(4)35-56(52)69(55(51)34-45(47)3)53-21-10-11-22-54(53)75(102)88(5)31-15-25-63(91)81-29-30-83-71(98)48-18-13-19-49(37-48)72(99)85-57(73(100)82-27-12-8-9-24-65(93)84-59(40-67(94)95)74(101)86-60(76(103)104)41-68(96)97)23-16-32-120-121-33-26-64(92)80-28-14-20-50-43-89(77(105)87-70(50)78)66-42-61(90)62(114-66)44-113-118(109,110)116-119(111,112)115-117(106,107)108/h10-11,13,18-19,21-22,34-37,39,43,56-57,59-62,66,69,90H,6-9,12,15-17,23-33,38,40-42,44H2,1-5H3,(H,80,92)(H,81,91)(H,82,100)(H,83,98)(H,84,93)(H,85,99)(H,86,101)(H,94,95)(H,96,97)(H,103,104)(H,109,110)(H,111,112)(H2,78,87,105)(H2,106,107,108)/b79-58+/t56?,57?,59?,60?,61?,62-,66-,69?/m1/s1. The van der Waals surface area contributed by atoms with Crippen LogP contribution in [0, 0.1) is 24.7 Å². The number of allylic oxidation sites excluding steroid dienone is 4. The van der Waals surface area contributed by atoms with Gasteiger partial charge >= 0.3 is 47.1 Å². The first-order valence-electron chi connectivity index (χ1n) is 38.7. The smallest absolute Gasteiger partial charge is 0.481 e. The molecule has 3 aliphatic rings. The lowest BCUT2D eigenvalue weighted by molar-refractivity contribution is -0.148. The summed E-state index contributed by atoms with van der Waals surface area (Å²) in [6, 6.07) is 13.4. The molecule has 2 aliphatic carbocycles. The molecule has 0 bridgehead atoms. The molecular weight excluding hydrogens is 1680 g/mol. The van der Waals surface area contributed by atoms with Gasteiger partial charge in [-0.15, -0.1) is 0 Å². The second kappa shape index (κ2) is 47.0. The van der Waals surface area contributed by atoms with Crippen LogP contribution in [0.15, 0.2) is 99.9 Å². The van der Waals surface area contributed by atoms with Crippen LogP contribution < -0.4 is 48.6 Å². The molecule has 2 heterocycles. The topological polar surface area (TPSA) is 598 Å². The van der Waals surface area contributed by atoms with Crippen molar-refractivity contribution in [1.29, 1.82) is 0 Å². The average molecular weight is 1780 g/mol. The number of carbonyl (C=O) groups excluding carboxylic acids is 8. The summed E-state index contributed by atoms with van der Waals surface area (Å²) in [6.45, 7) is 8.31. The second-order valence-corrected chi connectivity index (χ2v) is 35.6. The van der Waals surface area contributed by atoms with Gasteiger partial charge in [0, 0.05) is 112 Å². The highest BCUT2D eigenvalue weighted by Gasteiger charge is 2.44. The normalized spacial score (nSPS) is 18.1. The number of aliphatic imine (C=N–C) groups is 1. The number of nitrogens with two attached hydrogens (primary N) is 1. The van der Waals surface area contributed by atoms with E-state index in [9.17, 15) is 96.3 Å². The maximum atomic E-state index is 14.5. The maximum Gasteiger partial charge on any atom is 0.490 e. The fraction of sp³-hybridized carbons (Fsp3) is 0.481. The molecule has 39 nitrogen and oxygen atoms in total. The lowest BCUT2D eigenvalue weighted by Gasteiger charge is -2.38. The number of rotatable bonds is 47. The first-order valence-corrected chi connectivity index (χ1v) is 45.7. The quantitative estimate of drug-likeness (QED) is 0.0124. The van der Waals surface area contributed by atoms with Crippen LogP contribution in [0.1, 0.15) is 181 Å². The number of unbranched alkanes of at least 4 members (excludes halogenated alkanes) is 2. The minimum absolute atomic E-state index is 0.0154. The summed E-state index contributed by atoms with van der Waals surface area (Å²) in [4.78, 5) is 201. The molecule has 1 aromatic heterocycles. The molecule has 0 spiro atoms. The van der Waals surface area contributed by atoms with Crippen LogP contribution in [0.25, 0.3) is 0 Å². The lowest BCUT2D eigenvalue weighted by Crippen LogP contribution is -2.52. The first kappa shape index (κ1) is 98.4. The Balaban J connectivity index is 0.882. The predicted molar refractivity (Wildman–Crippen MR) is 443 cm³/mol. The number of phosphoric ester groups is 1. The Labute approximate surface area is 704 Å². The number of nitrogen functional groups attached to an aromatic ring is 1. The number of nitrogens with one attached hydrogen (secondary N) is 7. The van der Waals surface area contributed by atoms with Crippen molar-refractivity contribution in [3.63, 3.8) is 0 Å². The molecule has 1 saturated heterocycles. The van der Waals surface area contributed by atoms with Crippen molar-refractivity contribution >= 4 is 122 Å². The van der Waals surface area contributed by atoms with Gasteiger partial charge in [-0.1, -0.05) is 101 Å². The van der Waals surface area contributed by atoms with Crippen molar-refractivity contribution in [1.82, 2.24) is 51.7 Å². The molecule has 3 aromatic carbocycles. The highest BCUT2D eigenvalue weighted by molar-refractivity contribution is 8.76. The Bertz CT molecular complexity index is 4860. The van der Waals surface area contributed by atoms with Crippen LogP contribution >= 0.6 is 45.1 Å². The van der Waals surface area contributed by atoms with Crippen LogP contribution in [0.2, 0.25) is 0 Å². The third-order valence-corrected chi connectivity index (χ3v) is 25.5. The Kier molecular flexibility index (Phi) is 38.2.